The van der Waals surface area contributed by atoms with Gasteiger partial charge in [0.05, 0.1) is 11.5 Å². The van der Waals surface area contributed by atoms with E-state index in [1.165, 1.54) is 0 Å². The van der Waals surface area contributed by atoms with Gasteiger partial charge in [0, 0.05) is 38.9 Å². The topological polar surface area (TPSA) is 67.6 Å². The highest BCUT2D eigenvalue weighted by Gasteiger charge is 2.16. The molecule has 1 heterocycles. The predicted octanol–water partition coefficient (Wildman–Crippen LogP) is 2.25. The molecule has 1 fully saturated rings. The molecule has 1 aromatic carbocycles. The van der Waals surface area contributed by atoms with Crippen LogP contribution in [-0.2, 0) is 11.3 Å². The molecule has 0 aliphatic carbocycles. The molecule has 1 aliphatic heterocycles. The van der Waals surface area contributed by atoms with Crippen LogP contribution in [0.15, 0.2) is 18.2 Å². The van der Waals surface area contributed by atoms with E-state index < -0.39 is 0 Å². The Kier molecular flexibility index (Phi) is 5.31. The zero-order valence-corrected chi connectivity index (χ0v) is 11.8. The van der Waals surface area contributed by atoms with E-state index in [0.717, 1.165) is 44.8 Å². The van der Waals surface area contributed by atoms with Gasteiger partial charge in [0.1, 0.15) is 5.69 Å². The lowest BCUT2D eigenvalue weighted by molar-refractivity contribution is -0.384. The highest BCUT2D eigenvalue weighted by molar-refractivity contribution is 5.62. The third-order valence-electron chi connectivity index (χ3n) is 3.35. The molecule has 0 bridgehead atoms. The third-order valence-corrected chi connectivity index (χ3v) is 3.35. The standard InChI is InChI=1S/C14H21N3O3/c1-2-15-13-5-4-12(10-14(13)17(18)19)11-16-6-3-8-20-9-7-16/h4-5,10,15H,2-3,6-9,11H2,1H3. The summed E-state index contributed by atoms with van der Waals surface area (Å²) in [5, 5.41) is 14.2. The Morgan fingerprint density at radius 2 is 2.25 bits per heavy atom. The summed E-state index contributed by atoms with van der Waals surface area (Å²) in [4.78, 5) is 13.1. The van der Waals surface area contributed by atoms with Gasteiger partial charge in [0.25, 0.3) is 5.69 Å². The molecule has 6 heteroatoms. The van der Waals surface area contributed by atoms with E-state index in [1.807, 2.05) is 13.0 Å². The van der Waals surface area contributed by atoms with E-state index in [2.05, 4.69) is 10.2 Å². The monoisotopic (exact) mass is 279 g/mol. The summed E-state index contributed by atoms with van der Waals surface area (Å²) >= 11 is 0. The van der Waals surface area contributed by atoms with Crippen molar-refractivity contribution in [1.82, 2.24) is 4.90 Å². The number of hydrogen-bond donors (Lipinski definition) is 1. The molecule has 20 heavy (non-hydrogen) atoms. The van der Waals surface area contributed by atoms with Crippen LogP contribution in [0, 0.1) is 10.1 Å². The number of rotatable bonds is 5. The number of ether oxygens (including phenoxy) is 1. The van der Waals surface area contributed by atoms with Crippen molar-refractivity contribution in [3.63, 3.8) is 0 Å². The van der Waals surface area contributed by atoms with Crippen molar-refractivity contribution in [3.05, 3.63) is 33.9 Å². The SMILES string of the molecule is CCNc1ccc(CN2CCCOCC2)cc1[N+](=O)[O-]. The van der Waals surface area contributed by atoms with Crippen LogP contribution in [0.5, 0.6) is 0 Å². The van der Waals surface area contributed by atoms with Gasteiger partial charge in [-0.3, -0.25) is 15.0 Å². The van der Waals surface area contributed by atoms with Crippen LogP contribution in [-0.4, -0.2) is 42.7 Å². The van der Waals surface area contributed by atoms with E-state index in [9.17, 15) is 10.1 Å². The maximum absolute atomic E-state index is 11.1. The van der Waals surface area contributed by atoms with Gasteiger partial charge in [-0.15, -0.1) is 0 Å². The summed E-state index contributed by atoms with van der Waals surface area (Å²) in [6.45, 7) is 6.72. The Bertz CT molecular complexity index is 457. The zero-order chi connectivity index (χ0) is 14.4. The minimum Gasteiger partial charge on any atom is -0.380 e. The molecule has 1 aliphatic rings. The average molecular weight is 279 g/mol. The third kappa shape index (κ3) is 3.91. The Morgan fingerprint density at radius 3 is 3.00 bits per heavy atom. The first-order valence-electron chi connectivity index (χ1n) is 7.02. The highest BCUT2D eigenvalue weighted by atomic mass is 16.6. The number of nitrogens with one attached hydrogen (secondary N) is 1. The van der Waals surface area contributed by atoms with Crippen molar-refractivity contribution in [2.24, 2.45) is 0 Å². The summed E-state index contributed by atoms with van der Waals surface area (Å²) in [7, 11) is 0. The van der Waals surface area contributed by atoms with Crippen molar-refractivity contribution in [1.29, 1.82) is 0 Å². The molecular weight excluding hydrogens is 258 g/mol. The minimum absolute atomic E-state index is 0.149. The lowest BCUT2D eigenvalue weighted by Gasteiger charge is -2.19. The van der Waals surface area contributed by atoms with Gasteiger partial charge in [0.15, 0.2) is 0 Å². The summed E-state index contributed by atoms with van der Waals surface area (Å²) in [6.07, 6.45) is 1.01. The van der Waals surface area contributed by atoms with Gasteiger partial charge in [-0.2, -0.15) is 0 Å². The van der Waals surface area contributed by atoms with E-state index in [-0.39, 0.29) is 10.6 Å². The lowest BCUT2D eigenvalue weighted by Crippen LogP contribution is -2.25. The van der Waals surface area contributed by atoms with Crippen LogP contribution in [0.25, 0.3) is 0 Å². The molecule has 0 spiro atoms. The average Bonchev–Trinajstić information content (AvgIpc) is 2.69. The molecule has 110 valence electrons. The maximum atomic E-state index is 11.1. The van der Waals surface area contributed by atoms with E-state index in [4.69, 9.17) is 4.74 Å². The fourth-order valence-corrected chi connectivity index (χ4v) is 2.38. The second-order valence-corrected chi connectivity index (χ2v) is 4.88. The second-order valence-electron chi connectivity index (χ2n) is 4.88. The molecule has 0 aromatic heterocycles. The second kappa shape index (κ2) is 7.21. The quantitative estimate of drug-likeness (QED) is 0.661. The highest BCUT2D eigenvalue weighted by Crippen LogP contribution is 2.26. The van der Waals surface area contributed by atoms with Crippen molar-refractivity contribution in [2.45, 2.75) is 19.9 Å². The number of anilines is 1. The number of nitro groups is 1. The van der Waals surface area contributed by atoms with Crippen molar-refractivity contribution >= 4 is 11.4 Å². The largest absolute Gasteiger partial charge is 0.380 e. The summed E-state index contributed by atoms with van der Waals surface area (Å²) in [5.41, 5.74) is 1.70. The molecule has 0 unspecified atom stereocenters. The summed E-state index contributed by atoms with van der Waals surface area (Å²) in [6, 6.07) is 5.42. The molecule has 6 nitrogen and oxygen atoms in total. The maximum Gasteiger partial charge on any atom is 0.292 e. The first-order chi connectivity index (χ1) is 9.70. The number of nitro benzene ring substituents is 1. The Balaban J connectivity index is 2.11. The van der Waals surface area contributed by atoms with Crippen molar-refractivity contribution < 1.29 is 9.66 Å². The van der Waals surface area contributed by atoms with Crippen LogP contribution in [0.3, 0.4) is 0 Å². The van der Waals surface area contributed by atoms with Crippen LogP contribution in [0.4, 0.5) is 11.4 Å². The predicted molar refractivity (Wildman–Crippen MR) is 78.0 cm³/mol. The Labute approximate surface area is 118 Å². The molecule has 0 amide bonds. The number of nitrogens with zero attached hydrogens (tertiary/aromatic N) is 2. The van der Waals surface area contributed by atoms with Crippen LogP contribution in [0.1, 0.15) is 18.9 Å². The Hall–Kier alpha value is -1.66. The van der Waals surface area contributed by atoms with Gasteiger partial charge in [0.2, 0.25) is 0 Å². The van der Waals surface area contributed by atoms with E-state index >= 15 is 0 Å². The van der Waals surface area contributed by atoms with Gasteiger partial charge in [-0.05, 0) is 25.0 Å². The van der Waals surface area contributed by atoms with Gasteiger partial charge in [-0.1, -0.05) is 6.07 Å². The fourth-order valence-electron chi connectivity index (χ4n) is 2.38. The first-order valence-corrected chi connectivity index (χ1v) is 7.02. The summed E-state index contributed by atoms with van der Waals surface area (Å²) in [5.74, 6) is 0. The number of benzene rings is 1. The van der Waals surface area contributed by atoms with Gasteiger partial charge >= 0.3 is 0 Å². The zero-order valence-electron chi connectivity index (χ0n) is 11.8. The normalized spacial score (nSPS) is 16.6. The van der Waals surface area contributed by atoms with Crippen LogP contribution in [0.2, 0.25) is 0 Å². The van der Waals surface area contributed by atoms with Gasteiger partial charge in [-0.25, -0.2) is 0 Å². The van der Waals surface area contributed by atoms with Crippen molar-refractivity contribution in [3.8, 4) is 0 Å². The van der Waals surface area contributed by atoms with Crippen molar-refractivity contribution in [2.75, 3.05) is 38.2 Å². The van der Waals surface area contributed by atoms with E-state index in [1.54, 1.807) is 12.1 Å². The molecule has 0 saturated carbocycles. The number of hydrogen-bond acceptors (Lipinski definition) is 5. The lowest BCUT2D eigenvalue weighted by atomic mass is 10.1. The van der Waals surface area contributed by atoms with Crippen LogP contribution < -0.4 is 5.32 Å². The molecule has 1 aromatic rings. The Morgan fingerprint density at radius 1 is 1.40 bits per heavy atom. The molecular formula is C14H21N3O3. The molecule has 0 radical (unpaired) electrons. The molecule has 1 N–H and O–H groups in total. The molecule has 1 saturated heterocycles. The smallest absolute Gasteiger partial charge is 0.292 e. The van der Waals surface area contributed by atoms with Crippen LogP contribution >= 0.6 is 0 Å². The fraction of sp³-hybridized carbons (Fsp3) is 0.571. The minimum atomic E-state index is -0.326. The molecule has 2 rings (SSSR count). The first kappa shape index (κ1) is 14.7. The molecule has 0 atom stereocenters. The van der Waals surface area contributed by atoms with E-state index in [0.29, 0.717) is 12.2 Å². The summed E-state index contributed by atoms with van der Waals surface area (Å²) < 4.78 is 5.42. The van der Waals surface area contributed by atoms with Gasteiger partial charge < -0.3 is 10.1 Å².